The van der Waals surface area contributed by atoms with Crippen molar-refractivity contribution in [1.82, 2.24) is 0 Å². The first kappa shape index (κ1) is 17.4. The highest BCUT2D eigenvalue weighted by molar-refractivity contribution is 6.17. The van der Waals surface area contributed by atoms with Gasteiger partial charge in [0.2, 0.25) is 0 Å². The Morgan fingerprint density at radius 1 is 0.929 bits per heavy atom. The van der Waals surface area contributed by atoms with E-state index in [0.717, 1.165) is 54.4 Å². The van der Waals surface area contributed by atoms with Crippen LogP contribution in [-0.4, -0.2) is 31.3 Å². The quantitative estimate of drug-likeness (QED) is 0.738. The molecule has 5 heteroatoms. The smallest absolute Gasteiger partial charge is 0.155 e. The van der Waals surface area contributed by atoms with Crippen molar-refractivity contribution in [3.05, 3.63) is 64.2 Å². The standard InChI is InChI=1S/C23H24N4O/c1-14-9-15(2)11-18(10-14)23-24-13-21(25-23)17-3-4-19-20(12-17)26-27-22(19)16-5-7-28-8-6-16/h3-4,9-12,16,22H,5-8,13H2,1-2H3. The summed E-state index contributed by atoms with van der Waals surface area (Å²) in [6, 6.07) is 13.1. The molecule has 0 N–H and O–H groups in total. The molecule has 3 aliphatic heterocycles. The molecule has 3 aliphatic rings. The number of nitrogens with zero attached hydrogens (tertiary/aromatic N) is 4. The van der Waals surface area contributed by atoms with Gasteiger partial charge in [-0.1, -0.05) is 29.3 Å². The van der Waals surface area contributed by atoms with Crippen molar-refractivity contribution >= 4 is 17.2 Å². The van der Waals surface area contributed by atoms with Crippen LogP contribution in [0.1, 0.15) is 46.7 Å². The topological polar surface area (TPSA) is 58.7 Å². The molecule has 0 aliphatic carbocycles. The second-order valence-corrected chi connectivity index (χ2v) is 7.96. The Morgan fingerprint density at radius 2 is 1.71 bits per heavy atom. The molecule has 0 radical (unpaired) electrons. The van der Waals surface area contributed by atoms with Gasteiger partial charge in [-0.3, -0.25) is 4.99 Å². The van der Waals surface area contributed by atoms with Gasteiger partial charge in [0.15, 0.2) is 5.84 Å². The van der Waals surface area contributed by atoms with Gasteiger partial charge in [0.05, 0.1) is 17.9 Å². The first-order valence-electron chi connectivity index (χ1n) is 10.0. The minimum atomic E-state index is 0.181. The largest absolute Gasteiger partial charge is 0.381 e. The predicted octanol–water partition coefficient (Wildman–Crippen LogP) is 5.12. The number of amidine groups is 1. The molecule has 5 rings (SSSR count). The number of rotatable bonds is 3. The number of aliphatic imine (C=N–C) groups is 2. The second kappa shape index (κ2) is 7.06. The Bertz CT molecular complexity index is 995. The molecule has 0 aromatic heterocycles. The Kier molecular flexibility index (Phi) is 4.40. The zero-order chi connectivity index (χ0) is 19.1. The lowest BCUT2D eigenvalue weighted by Gasteiger charge is -2.25. The van der Waals surface area contributed by atoms with Crippen LogP contribution < -0.4 is 0 Å². The van der Waals surface area contributed by atoms with Gasteiger partial charge in [0, 0.05) is 29.9 Å². The van der Waals surface area contributed by atoms with Crippen molar-refractivity contribution < 1.29 is 4.74 Å². The lowest BCUT2D eigenvalue weighted by Crippen LogP contribution is -2.20. The van der Waals surface area contributed by atoms with Crippen molar-refractivity contribution in [2.45, 2.75) is 32.7 Å². The molecule has 0 saturated carbocycles. The average Bonchev–Trinajstić information content (AvgIpc) is 3.35. The van der Waals surface area contributed by atoms with E-state index in [-0.39, 0.29) is 6.04 Å². The maximum Gasteiger partial charge on any atom is 0.155 e. The summed E-state index contributed by atoms with van der Waals surface area (Å²) in [4.78, 5) is 9.50. The van der Waals surface area contributed by atoms with Crippen molar-refractivity contribution in [3.8, 4) is 0 Å². The van der Waals surface area contributed by atoms with Crippen molar-refractivity contribution in [2.75, 3.05) is 19.8 Å². The van der Waals surface area contributed by atoms with Gasteiger partial charge >= 0.3 is 0 Å². The van der Waals surface area contributed by atoms with Gasteiger partial charge in [-0.05, 0) is 50.8 Å². The van der Waals surface area contributed by atoms with Crippen LogP contribution in [0.5, 0.6) is 0 Å². The molecule has 28 heavy (non-hydrogen) atoms. The normalized spacial score (nSPS) is 21.6. The Hall–Kier alpha value is -2.66. The number of hydrogen-bond acceptors (Lipinski definition) is 5. The number of aryl methyl sites for hydroxylation is 2. The van der Waals surface area contributed by atoms with Gasteiger partial charge in [0.25, 0.3) is 0 Å². The molecule has 3 heterocycles. The van der Waals surface area contributed by atoms with Gasteiger partial charge in [0.1, 0.15) is 6.04 Å². The molecule has 5 nitrogen and oxygen atoms in total. The summed E-state index contributed by atoms with van der Waals surface area (Å²) < 4.78 is 5.49. The summed E-state index contributed by atoms with van der Waals surface area (Å²) in [7, 11) is 0. The van der Waals surface area contributed by atoms with Gasteiger partial charge in [-0.2, -0.15) is 10.2 Å². The molecule has 2 aromatic rings. The SMILES string of the molecule is Cc1cc(C)cc(C2=NCC(c3ccc4c(c3)N=NC4C3CCOCC3)=N2)c1. The molecule has 1 saturated heterocycles. The fraction of sp³-hybridized carbons (Fsp3) is 0.391. The molecule has 1 fully saturated rings. The fourth-order valence-electron chi connectivity index (χ4n) is 4.39. The van der Waals surface area contributed by atoms with Crippen molar-refractivity contribution in [2.24, 2.45) is 26.1 Å². The summed E-state index contributed by atoms with van der Waals surface area (Å²) >= 11 is 0. The lowest BCUT2D eigenvalue weighted by atomic mass is 9.87. The molecule has 142 valence electrons. The Balaban J connectivity index is 1.39. The van der Waals surface area contributed by atoms with Crippen LogP contribution in [0, 0.1) is 19.8 Å². The third-order valence-electron chi connectivity index (χ3n) is 5.78. The molecule has 1 unspecified atom stereocenters. The highest BCUT2D eigenvalue weighted by Crippen LogP contribution is 2.43. The average molecular weight is 372 g/mol. The highest BCUT2D eigenvalue weighted by Gasteiger charge is 2.31. The van der Waals surface area contributed by atoms with E-state index in [1.54, 1.807) is 0 Å². The monoisotopic (exact) mass is 372 g/mol. The highest BCUT2D eigenvalue weighted by atomic mass is 16.5. The zero-order valence-corrected chi connectivity index (χ0v) is 16.4. The lowest BCUT2D eigenvalue weighted by molar-refractivity contribution is 0.0586. The minimum absolute atomic E-state index is 0.181. The van der Waals surface area contributed by atoms with E-state index >= 15 is 0 Å². The third kappa shape index (κ3) is 3.20. The summed E-state index contributed by atoms with van der Waals surface area (Å²) in [5.74, 6) is 1.36. The molecular weight excluding hydrogens is 348 g/mol. The molecular formula is C23H24N4O. The van der Waals surface area contributed by atoms with Crippen LogP contribution in [0.3, 0.4) is 0 Å². The van der Waals surface area contributed by atoms with E-state index in [9.17, 15) is 0 Å². The van der Waals surface area contributed by atoms with E-state index < -0.39 is 0 Å². The third-order valence-corrected chi connectivity index (χ3v) is 5.78. The summed E-state index contributed by atoms with van der Waals surface area (Å²) in [6.07, 6.45) is 2.12. The molecule has 0 spiro atoms. The Morgan fingerprint density at radius 3 is 2.50 bits per heavy atom. The first-order chi connectivity index (χ1) is 13.7. The molecule has 0 amide bonds. The van der Waals surface area contributed by atoms with Gasteiger partial charge in [-0.25, -0.2) is 4.99 Å². The molecule has 0 bridgehead atoms. The van der Waals surface area contributed by atoms with Crippen LogP contribution in [-0.2, 0) is 4.74 Å². The van der Waals surface area contributed by atoms with E-state index in [0.29, 0.717) is 12.5 Å². The maximum absolute atomic E-state index is 5.49. The summed E-state index contributed by atoms with van der Waals surface area (Å²) in [5.41, 5.74) is 7.88. The van der Waals surface area contributed by atoms with Crippen molar-refractivity contribution in [3.63, 3.8) is 0 Å². The number of azo groups is 1. The number of hydrogen-bond donors (Lipinski definition) is 0. The molecule has 2 aromatic carbocycles. The van der Waals surface area contributed by atoms with E-state index in [1.165, 1.54) is 16.7 Å². The fourth-order valence-corrected chi connectivity index (χ4v) is 4.39. The van der Waals surface area contributed by atoms with Crippen LogP contribution in [0.2, 0.25) is 0 Å². The number of fused-ring (bicyclic) bond motifs is 1. The first-order valence-corrected chi connectivity index (χ1v) is 10.0. The minimum Gasteiger partial charge on any atom is -0.381 e. The van der Waals surface area contributed by atoms with E-state index in [4.69, 9.17) is 9.73 Å². The molecule has 1 atom stereocenters. The van der Waals surface area contributed by atoms with Crippen molar-refractivity contribution in [1.29, 1.82) is 0 Å². The predicted molar refractivity (Wildman–Crippen MR) is 111 cm³/mol. The second-order valence-electron chi connectivity index (χ2n) is 7.96. The number of benzene rings is 2. The Labute approximate surface area is 165 Å². The summed E-state index contributed by atoms with van der Waals surface area (Å²) in [5, 5.41) is 9.06. The van der Waals surface area contributed by atoms with Gasteiger partial charge in [-0.15, -0.1) is 0 Å². The maximum atomic E-state index is 5.49. The van der Waals surface area contributed by atoms with Crippen LogP contribution in [0.25, 0.3) is 0 Å². The van der Waals surface area contributed by atoms with Crippen LogP contribution >= 0.6 is 0 Å². The zero-order valence-electron chi connectivity index (χ0n) is 16.4. The van der Waals surface area contributed by atoms with E-state index in [2.05, 4.69) is 65.5 Å². The van der Waals surface area contributed by atoms with Gasteiger partial charge < -0.3 is 4.74 Å². The summed E-state index contributed by atoms with van der Waals surface area (Å²) in [6.45, 7) is 6.49. The number of ether oxygens (including phenoxy) is 1. The van der Waals surface area contributed by atoms with Crippen LogP contribution in [0.4, 0.5) is 5.69 Å². The van der Waals surface area contributed by atoms with Crippen LogP contribution in [0.15, 0.2) is 56.6 Å². The van der Waals surface area contributed by atoms with E-state index in [1.807, 2.05) is 0 Å².